The van der Waals surface area contributed by atoms with Gasteiger partial charge in [0.25, 0.3) is 0 Å². The van der Waals surface area contributed by atoms with Gasteiger partial charge in [-0.25, -0.2) is 9.37 Å². The molecule has 1 unspecified atom stereocenters. The molecule has 0 radical (unpaired) electrons. The summed E-state index contributed by atoms with van der Waals surface area (Å²) in [5.41, 5.74) is 1.70. The van der Waals surface area contributed by atoms with Crippen LogP contribution in [-0.2, 0) is 4.79 Å². The Labute approximate surface area is 166 Å². The van der Waals surface area contributed by atoms with Gasteiger partial charge in [-0.1, -0.05) is 6.07 Å². The number of methoxy groups -OCH3 is 2. The molecular formula is C21H20FNO4S. The molecule has 7 heteroatoms. The van der Waals surface area contributed by atoms with Gasteiger partial charge in [-0.3, -0.25) is 4.79 Å². The van der Waals surface area contributed by atoms with Crippen molar-refractivity contribution in [3.63, 3.8) is 0 Å². The zero-order valence-electron chi connectivity index (χ0n) is 15.7. The number of carbonyl (C=O) groups is 1. The fourth-order valence-electron chi connectivity index (χ4n) is 3.15. The summed E-state index contributed by atoms with van der Waals surface area (Å²) in [6, 6.07) is 9.83. The van der Waals surface area contributed by atoms with E-state index < -0.39 is 17.7 Å². The molecule has 1 heterocycles. The predicted octanol–water partition coefficient (Wildman–Crippen LogP) is 4.88. The summed E-state index contributed by atoms with van der Waals surface area (Å²) in [5.74, 6) is -0.916. The number of nitrogens with zero attached hydrogens (tertiary/aromatic N) is 1. The number of halogens is 1. The number of rotatable bonds is 7. The Bertz CT molecular complexity index is 980. The van der Waals surface area contributed by atoms with Crippen molar-refractivity contribution in [1.82, 2.24) is 4.98 Å². The average Bonchev–Trinajstić information content (AvgIpc) is 3.10. The Morgan fingerprint density at radius 3 is 2.43 bits per heavy atom. The van der Waals surface area contributed by atoms with Crippen LogP contribution in [0.4, 0.5) is 4.39 Å². The second-order valence-corrected chi connectivity index (χ2v) is 7.54. The molecule has 0 saturated carbocycles. The van der Waals surface area contributed by atoms with Crippen LogP contribution >= 0.6 is 11.3 Å². The molecule has 0 bridgehead atoms. The van der Waals surface area contributed by atoms with Gasteiger partial charge in [0.05, 0.1) is 26.2 Å². The monoisotopic (exact) mass is 401 g/mol. The molecule has 0 aliphatic heterocycles. The van der Waals surface area contributed by atoms with Crippen LogP contribution in [-0.4, -0.2) is 30.3 Å². The third-order valence-corrected chi connectivity index (χ3v) is 5.38. The first kappa shape index (κ1) is 19.8. The van der Waals surface area contributed by atoms with Crippen LogP contribution in [0.25, 0.3) is 11.1 Å². The normalized spacial score (nSPS) is 11.9. The number of hydrogen-bond donors (Lipinski definition) is 1. The minimum atomic E-state index is -0.974. The highest BCUT2D eigenvalue weighted by molar-refractivity contribution is 7.11. The SMILES string of the molecule is COc1cccc(OC)c1-c1cc(F)cc(C(CC(=O)O)c2ncc(C)s2)c1. The topological polar surface area (TPSA) is 68.7 Å². The fourth-order valence-corrected chi connectivity index (χ4v) is 4.05. The molecule has 0 spiro atoms. The van der Waals surface area contributed by atoms with Gasteiger partial charge in [-0.05, 0) is 48.4 Å². The van der Waals surface area contributed by atoms with Crippen molar-refractivity contribution in [3.05, 3.63) is 63.9 Å². The summed E-state index contributed by atoms with van der Waals surface area (Å²) >= 11 is 1.41. The van der Waals surface area contributed by atoms with E-state index in [4.69, 9.17) is 9.47 Å². The number of carboxylic acid groups (broad SMARTS) is 1. The largest absolute Gasteiger partial charge is 0.496 e. The minimum absolute atomic E-state index is 0.182. The van der Waals surface area contributed by atoms with Crippen molar-refractivity contribution in [2.24, 2.45) is 0 Å². The van der Waals surface area contributed by atoms with Gasteiger partial charge in [0.2, 0.25) is 0 Å². The summed E-state index contributed by atoms with van der Waals surface area (Å²) < 4.78 is 25.4. The van der Waals surface area contributed by atoms with Crippen molar-refractivity contribution in [2.45, 2.75) is 19.3 Å². The van der Waals surface area contributed by atoms with E-state index in [1.165, 1.54) is 37.7 Å². The first-order valence-electron chi connectivity index (χ1n) is 8.59. The van der Waals surface area contributed by atoms with E-state index in [0.29, 0.717) is 33.2 Å². The lowest BCUT2D eigenvalue weighted by molar-refractivity contribution is -0.137. The maximum atomic E-state index is 14.6. The van der Waals surface area contributed by atoms with Crippen LogP contribution < -0.4 is 9.47 Å². The average molecular weight is 401 g/mol. The van der Waals surface area contributed by atoms with Crippen LogP contribution in [0.5, 0.6) is 11.5 Å². The third kappa shape index (κ3) is 4.14. The molecule has 1 aromatic heterocycles. The molecule has 0 saturated heterocycles. The molecule has 0 aliphatic rings. The summed E-state index contributed by atoms with van der Waals surface area (Å²) in [7, 11) is 3.06. The van der Waals surface area contributed by atoms with Crippen molar-refractivity contribution in [1.29, 1.82) is 0 Å². The quantitative estimate of drug-likeness (QED) is 0.611. The molecule has 1 N–H and O–H groups in total. The van der Waals surface area contributed by atoms with E-state index in [1.807, 2.05) is 6.92 Å². The number of aryl methyl sites for hydroxylation is 1. The first-order chi connectivity index (χ1) is 13.4. The summed E-state index contributed by atoms with van der Waals surface area (Å²) in [4.78, 5) is 16.7. The lowest BCUT2D eigenvalue weighted by Gasteiger charge is -2.17. The van der Waals surface area contributed by atoms with Crippen molar-refractivity contribution in [2.75, 3.05) is 14.2 Å². The molecule has 28 heavy (non-hydrogen) atoms. The lowest BCUT2D eigenvalue weighted by atomic mass is 9.92. The number of benzene rings is 2. The number of hydrogen-bond acceptors (Lipinski definition) is 5. The van der Waals surface area contributed by atoms with Crippen LogP contribution in [0.15, 0.2) is 42.6 Å². The maximum Gasteiger partial charge on any atom is 0.304 e. The molecule has 2 aromatic carbocycles. The molecule has 3 aromatic rings. The van der Waals surface area contributed by atoms with Gasteiger partial charge in [0.15, 0.2) is 0 Å². The Morgan fingerprint density at radius 2 is 1.89 bits per heavy atom. The molecule has 1 atom stereocenters. The minimum Gasteiger partial charge on any atom is -0.496 e. The van der Waals surface area contributed by atoms with Crippen LogP contribution in [0.2, 0.25) is 0 Å². The highest BCUT2D eigenvalue weighted by Crippen LogP contribution is 2.41. The molecule has 146 valence electrons. The van der Waals surface area contributed by atoms with Crippen molar-refractivity contribution in [3.8, 4) is 22.6 Å². The Balaban J connectivity index is 2.17. The van der Waals surface area contributed by atoms with Crippen molar-refractivity contribution < 1.29 is 23.8 Å². The van der Waals surface area contributed by atoms with E-state index in [2.05, 4.69) is 4.98 Å². The molecular weight excluding hydrogens is 381 g/mol. The predicted molar refractivity (Wildman–Crippen MR) is 106 cm³/mol. The molecule has 0 aliphatic carbocycles. The standard InChI is InChI=1S/C21H20FNO4S/c1-12-11-23-21(28-12)16(10-19(24)25)13-7-14(9-15(22)8-13)20-17(26-2)5-4-6-18(20)27-3/h4-9,11,16H,10H2,1-3H3,(H,24,25). The fraction of sp³-hybridized carbons (Fsp3) is 0.238. The van der Waals surface area contributed by atoms with E-state index in [0.717, 1.165) is 4.88 Å². The van der Waals surface area contributed by atoms with Gasteiger partial charge in [0.1, 0.15) is 22.3 Å². The van der Waals surface area contributed by atoms with Gasteiger partial charge >= 0.3 is 5.97 Å². The number of aliphatic carboxylic acids is 1. The lowest BCUT2D eigenvalue weighted by Crippen LogP contribution is -2.08. The van der Waals surface area contributed by atoms with Gasteiger partial charge in [-0.2, -0.15) is 0 Å². The zero-order valence-corrected chi connectivity index (χ0v) is 16.5. The summed E-state index contributed by atoms with van der Waals surface area (Å²) in [5, 5.41) is 10.0. The molecule has 5 nitrogen and oxygen atoms in total. The van der Waals surface area contributed by atoms with Gasteiger partial charge in [0, 0.05) is 17.0 Å². The maximum absolute atomic E-state index is 14.6. The second-order valence-electron chi connectivity index (χ2n) is 6.27. The second kappa shape index (κ2) is 8.39. The smallest absolute Gasteiger partial charge is 0.304 e. The summed E-state index contributed by atoms with van der Waals surface area (Å²) in [6.07, 6.45) is 1.51. The van der Waals surface area contributed by atoms with Crippen LogP contribution in [0, 0.1) is 12.7 Å². The van der Waals surface area contributed by atoms with E-state index in [1.54, 1.807) is 30.5 Å². The third-order valence-electron chi connectivity index (χ3n) is 4.35. The highest BCUT2D eigenvalue weighted by Gasteiger charge is 2.23. The van der Waals surface area contributed by atoms with Gasteiger partial charge in [-0.15, -0.1) is 11.3 Å². The van der Waals surface area contributed by atoms with E-state index >= 15 is 0 Å². The summed E-state index contributed by atoms with van der Waals surface area (Å²) in [6.45, 7) is 1.90. The van der Waals surface area contributed by atoms with Crippen LogP contribution in [0.3, 0.4) is 0 Å². The van der Waals surface area contributed by atoms with Crippen LogP contribution in [0.1, 0.15) is 27.8 Å². The Kier molecular flexibility index (Phi) is 5.94. The first-order valence-corrected chi connectivity index (χ1v) is 9.40. The van der Waals surface area contributed by atoms with Gasteiger partial charge < -0.3 is 14.6 Å². The zero-order chi connectivity index (χ0) is 20.3. The number of ether oxygens (including phenoxy) is 2. The number of carboxylic acids is 1. The molecule has 0 fully saturated rings. The molecule has 0 amide bonds. The highest BCUT2D eigenvalue weighted by atomic mass is 32.1. The number of aromatic nitrogens is 1. The Hall–Kier alpha value is -2.93. The van der Waals surface area contributed by atoms with E-state index in [9.17, 15) is 14.3 Å². The Morgan fingerprint density at radius 1 is 1.21 bits per heavy atom. The molecule has 3 rings (SSSR count). The van der Waals surface area contributed by atoms with Crippen molar-refractivity contribution >= 4 is 17.3 Å². The number of thiazole rings is 1. The van der Waals surface area contributed by atoms with E-state index in [-0.39, 0.29) is 6.42 Å².